The van der Waals surface area contributed by atoms with Gasteiger partial charge >= 0.3 is 0 Å². The van der Waals surface area contributed by atoms with Crippen LogP contribution in [-0.2, 0) is 14.8 Å². The van der Waals surface area contributed by atoms with Gasteiger partial charge in [-0.05, 0) is 37.1 Å². The molecule has 7 heteroatoms. The highest BCUT2D eigenvalue weighted by atomic mass is 32.2. The van der Waals surface area contributed by atoms with Gasteiger partial charge in [-0.1, -0.05) is 0 Å². The highest BCUT2D eigenvalue weighted by molar-refractivity contribution is 7.89. The first kappa shape index (κ1) is 16.8. The molecule has 122 valence electrons. The van der Waals surface area contributed by atoms with E-state index in [-0.39, 0.29) is 5.91 Å². The lowest BCUT2D eigenvalue weighted by Gasteiger charge is -2.33. The largest absolute Gasteiger partial charge is 0.496 e. The fourth-order valence-corrected chi connectivity index (χ4v) is 4.36. The Hall–Kier alpha value is -1.60. The quantitative estimate of drug-likeness (QED) is 0.836. The smallest absolute Gasteiger partial charge is 0.243 e. The van der Waals surface area contributed by atoms with Crippen molar-refractivity contribution in [1.82, 2.24) is 9.21 Å². The van der Waals surface area contributed by atoms with E-state index in [0.717, 1.165) is 5.56 Å². The number of carbonyl (C=O) groups excluding carboxylic acids is 1. The van der Waals surface area contributed by atoms with Crippen molar-refractivity contribution in [1.29, 1.82) is 0 Å². The molecule has 1 saturated heterocycles. The molecule has 0 saturated carbocycles. The van der Waals surface area contributed by atoms with Crippen LogP contribution >= 0.6 is 0 Å². The maximum Gasteiger partial charge on any atom is 0.243 e. The lowest BCUT2D eigenvalue weighted by Crippen LogP contribution is -2.50. The van der Waals surface area contributed by atoms with Gasteiger partial charge in [-0.3, -0.25) is 4.79 Å². The third kappa shape index (κ3) is 2.96. The minimum atomic E-state index is -3.55. The zero-order valence-corrected chi connectivity index (χ0v) is 14.2. The summed E-state index contributed by atoms with van der Waals surface area (Å²) < 4.78 is 32.3. The molecule has 1 aromatic carbocycles. The van der Waals surface area contributed by atoms with E-state index in [1.807, 2.05) is 6.92 Å². The molecule has 0 unspecified atom stereocenters. The Morgan fingerprint density at radius 3 is 2.18 bits per heavy atom. The molecular formula is C15H22N2O4S. The lowest BCUT2D eigenvalue weighted by atomic mass is 10.1. The number of methoxy groups -OCH3 is 1. The van der Waals surface area contributed by atoms with Crippen molar-refractivity contribution in [3.63, 3.8) is 0 Å². The van der Waals surface area contributed by atoms with Gasteiger partial charge in [0, 0.05) is 33.1 Å². The summed E-state index contributed by atoms with van der Waals surface area (Å²) in [7, 11) is -1.98. The first-order valence-corrected chi connectivity index (χ1v) is 8.63. The number of amides is 1. The number of carbonyl (C=O) groups is 1. The summed E-state index contributed by atoms with van der Waals surface area (Å²) in [5.41, 5.74) is 1.53. The van der Waals surface area contributed by atoms with Crippen LogP contribution in [0.15, 0.2) is 17.0 Å². The first-order chi connectivity index (χ1) is 10.3. The van der Waals surface area contributed by atoms with Crippen LogP contribution in [0.3, 0.4) is 0 Å². The number of benzene rings is 1. The second-order valence-electron chi connectivity index (χ2n) is 5.43. The predicted molar refractivity (Wildman–Crippen MR) is 83.5 cm³/mol. The van der Waals surface area contributed by atoms with Crippen molar-refractivity contribution < 1.29 is 17.9 Å². The summed E-state index contributed by atoms with van der Waals surface area (Å²) in [6.45, 7) is 6.66. The SMILES string of the molecule is COc1ccc(S(=O)(=O)N2CCN(C(C)=O)CC2)c(C)c1C. The van der Waals surface area contributed by atoms with E-state index in [1.165, 1.54) is 11.2 Å². The summed E-state index contributed by atoms with van der Waals surface area (Å²) in [5, 5.41) is 0. The average Bonchev–Trinajstić information content (AvgIpc) is 2.49. The van der Waals surface area contributed by atoms with Crippen LogP contribution in [0.5, 0.6) is 5.75 Å². The van der Waals surface area contributed by atoms with Crippen molar-refractivity contribution in [3.8, 4) is 5.75 Å². The molecule has 0 aromatic heterocycles. The van der Waals surface area contributed by atoms with Crippen LogP contribution in [-0.4, -0.2) is 56.8 Å². The number of hydrogen-bond donors (Lipinski definition) is 0. The molecule has 0 radical (unpaired) electrons. The van der Waals surface area contributed by atoms with Crippen molar-refractivity contribution >= 4 is 15.9 Å². The Morgan fingerprint density at radius 1 is 1.09 bits per heavy atom. The number of nitrogens with zero attached hydrogens (tertiary/aromatic N) is 2. The normalized spacial score (nSPS) is 16.6. The Balaban J connectivity index is 2.29. The number of rotatable bonds is 3. The number of sulfonamides is 1. The van der Waals surface area contributed by atoms with E-state index in [4.69, 9.17) is 4.74 Å². The number of piperazine rings is 1. The molecule has 1 heterocycles. The van der Waals surface area contributed by atoms with Crippen LogP contribution in [0.4, 0.5) is 0 Å². The van der Waals surface area contributed by atoms with Crippen molar-refractivity contribution in [2.75, 3.05) is 33.3 Å². The lowest BCUT2D eigenvalue weighted by molar-refractivity contribution is -0.129. The van der Waals surface area contributed by atoms with Gasteiger partial charge in [0.1, 0.15) is 5.75 Å². The fourth-order valence-electron chi connectivity index (χ4n) is 2.65. The summed E-state index contributed by atoms with van der Waals surface area (Å²) in [6, 6.07) is 3.27. The maximum absolute atomic E-state index is 12.8. The Labute approximate surface area is 131 Å². The Morgan fingerprint density at radius 2 is 1.68 bits per heavy atom. The first-order valence-electron chi connectivity index (χ1n) is 7.19. The topological polar surface area (TPSA) is 66.9 Å². The molecular weight excluding hydrogens is 304 g/mol. The second-order valence-corrected chi connectivity index (χ2v) is 7.33. The number of ether oxygens (including phenoxy) is 1. The molecule has 2 rings (SSSR count). The fraction of sp³-hybridized carbons (Fsp3) is 0.533. The molecule has 0 N–H and O–H groups in total. The minimum absolute atomic E-state index is 0.0199. The van der Waals surface area contributed by atoms with Gasteiger partial charge in [0.05, 0.1) is 12.0 Å². The van der Waals surface area contributed by atoms with Crippen LogP contribution in [0.25, 0.3) is 0 Å². The molecule has 0 aliphatic carbocycles. The van der Waals surface area contributed by atoms with Gasteiger partial charge < -0.3 is 9.64 Å². The van der Waals surface area contributed by atoms with Crippen LogP contribution in [0, 0.1) is 13.8 Å². The molecule has 22 heavy (non-hydrogen) atoms. The number of hydrogen-bond acceptors (Lipinski definition) is 4. The summed E-state index contributed by atoms with van der Waals surface area (Å²) >= 11 is 0. The Kier molecular flexibility index (Phi) is 4.77. The van der Waals surface area contributed by atoms with E-state index < -0.39 is 10.0 Å². The standard InChI is InChI=1S/C15H22N2O4S/c1-11-12(2)15(6-5-14(11)21-4)22(19,20)17-9-7-16(8-10-17)13(3)18/h5-6H,7-10H2,1-4H3. The summed E-state index contributed by atoms with van der Waals surface area (Å²) in [6.07, 6.45) is 0. The highest BCUT2D eigenvalue weighted by Crippen LogP contribution is 2.29. The Bertz CT molecular complexity index is 677. The maximum atomic E-state index is 12.8. The molecule has 0 bridgehead atoms. The van der Waals surface area contributed by atoms with Gasteiger partial charge in [0.15, 0.2) is 0 Å². The zero-order chi connectivity index (χ0) is 16.5. The molecule has 1 aromatic rings. The van der Waals surface area contributed by atoms with Gasteiger partial charge in [-0.2, -0.15) is 4.31 Å². The van der Waals surface area contributed by atoms with Crippen molar-refractivity contribution in [2.45, 2.75) is 25.7 Å². The minimum Gasteiger partial charge on any atom is -0.496 e. The summed E-state index contributed by atoms with van der Waals surface area (Å²) in [5.74, 6) is 0.659. The molecule has 1 aliphatic heterocycles. The van der Waals surface area contributed by atoms with Gasteiger partial charge in [-0.15, -0.1) is 0 Å². The van der Waals surface area contributed by atoms with E-state index in [0.29, 0.717) is 42.4 Å². The van der Waals surface area contributed by atoms with Crippen molar-refractivity contribution in [2.24, 2.45) is 0 Å². The van der Waals surface area contributed by atoms with Crippen LogP contribution in [0.1, 0.15) is 18.1 Å². The van der Waals surface area contributed by atoms with Gasteiger partial charge in [0.2, 0.25) is 15.9 Å². The van der Waals surface area contributed by atoms with E-state index in [9.17, 15) is 13.2 Å². The molecule has 0 atom stereocenters. The van der Waals surface area contributed by atoms with E-state index >= 15 is 0 Å². The molecule has 6 nitrogen and oxygen atoms in total. The zero-order valence-electron chi connectivity index (χ0n) is 13.4. The molecule has 1 fully saturated rings. The average molecular weight is 326 g/mol. The molecule has 0 spiro atoms. The third-order valence-corrected chi connectivity index (χ3v) is 6.25. The van der Waals surface area contributed by atoms with E-state index in [1.54, 1.807) is 31.1 Å². The van der Waals surface area contributed by atoms with Gasteiger partial charge in [-0.25, -0.2) is 8.42 Å². The second kappa shape index (κ2) is 6.26. The molecule has 1 aliphatic rings. The van der Waals surface area contributed by atoms with Crippen LogP contribution < -0.4 is 4.74 Å². The predicted octanol–water partition coefficient (Wildman–Crippen LogP) is 1.16. The molecule has 1 amide bonds. The monoisotopic (exact) mass is 326 g/mol. The third-order valence-electron chi connectivity index (χ3n) is 4.21. The van der Waals surface area contributed by atoms with Crippen LogP contribution in [0.2, 0.25) is 0 Å². The summed E-state index contributed by atoms with van der Waals surface area (Å²) in [4.78, 5) is 13.3. The van der Waals surface area contributed by atoms with Gasteiger partial charge in [0.25, 0.3) is 0 Å². The highest BCUT2D eigenvalue weighted by Gasteiger charge is 2.30. The van der Waals surface area contributed by atoms with E-state index in [2.05, 4.69) is 0 Å². The van der Waals surface area contributed by atoms with Crippen molar-refractivity contribution in [3.05, 3.63) is 23.3 Å².